The van der Waals surface area contributed by atoms with Crippen molar-refractivity contribution in [2.24, 2.45) is 5.92 Å². The first kappa shape index (κ1) is 18.6. The molecule has 0 spiro atoms. The van der Waals surface area contributed by atoms with E-state index in [1.54, 1.807) is 19.9 Å². The molecule has 0 aliphatic heterocycles. The fourth-order valence-corrected chi connectivity index (χ4v) is 4.23. The lowest BCUT2D eigenvalue weighted by atomic mass is 9.82. The van der Waals surface area contributed by atoms with Gasteiger partial charge >= 0.3 is 0 Å². The molecule has 2 aromatic rings. The number of rotatable bonds is 5. The van der Waals surface area contributed by atoms with E-state index in [2.05, 4.69) is 5.32 Å². The van der Waals surface area contributed by atoms with Gasteiger partial charge in [0, 0.05) is 27.3 Å². The molecule has 6 heteroatoms. The van der Waals surface area contributed by atoms with E-state index in [4.69, 9.17) is 0 Å². The first-order valence-electron chi connectivity index (χ1n) is 8.37. The summed E-state index contributed by atoms with van der Waals surface area (Å²) in [5.41, 5.74) is 1.25. The van der Waals surface area contributed by atoms with Gasteiger partial charge in [-0.3, -0.25) is 9.59 Å². The Balaban J connectivity index is 1.69. The van der Waals surface area contributed by atoms with Crippen molar-refractivity contribution in [2.45, 2.75) is 36.8 Å². The van der Waals surface area contributed by atoms with Crippen molar-refractivity contribution in [3.8, 4) is 0 Å². The first-order chi connectivity index (χ1) is 12.3. The number of ketones is 1. The van der Waals surface area contributed by atoms with Crippen LogP contribution in [0.15, 0.2) is 41.3 Å². The smallest absolute Gasteiger partial charge is 0.255 e. The van der Waals surface area contributed by atoms with Crippen LogP contribution < -0.4 is 5.32 Å². The highest BCUT2D eigenvalue weighted by Crippen LogP contribution is 2.41. The van der Waals surface area contributed by atoms with Gasteiger partial charge in [0.1, 0.15) is 17.4 Å². The monoisotopic (exact) mass is 375 g/mol. The van der Waals surface area contributed by atoms with Crippen LogP contribution in [0, 0.1) is 24.5 Å². The fourth-order valence-electron chi connectivity index (χ4n) is 2.83. The number of nitrogens with one attached hydrogen (secondary N) is 1. The summed E-state index contributed by atoms with van der Waals surface area (Å²) in [4.78, 5) is 24.1. The molecule has 1 amide bonds. The van der Waals surface area contributed by atoms with E-state index in [1.165, 1.54) is 42.1 Å². The molecule has 0 saturated heterocycles. The van der Waals surface area contributed by atoms with Gasteiger partial charge in [0.05, 0.1) is 0 Å². The van der Waals surface area contributed by atoms with E-state index in [-0.39, 0.29) is 34.5 Å². The fraction of sp³-hybridized carbons (Fsp3) is 0.300. The lowest BCUT2D eigenvalue weighted by Gasteiger charge is -2.33. The largest absolute Gasteiger partial charge is 0.322 e. The number of hydrogen-bond acceptors (Lipinski definition) is 3. The van der Waals surface area contributed by atoms with Crippen LogP contribution >= 0.6 is 11.8 Å². The molecule has 1 N–H and O–H groups in total. The van der Waals surface area contributed by atoms with Gasteiger partial charge in [-0.05, 0) is 68.7 Å². The van der Waals surface area contributed by atoms with E-state index in [1.807, 2.05) is 0 Å². The number of carbonyl (C=O) groups is 2. The lowest BCUT2D eigenvalue weighted by Crippen LogP contribution is -2.31. The molecule has 0 unspecified atom stereocenters. The van der Waals surface area contributed by atoms with Crippen LogP contribution in [0.1, 0.15) is 35.7 Å². The maximum Gasteiger partial charge on any atom is 0.255 e. The zero-order valence-electron chi connectivity index (χ0n) is 14.5. The summed E-state index contributed by atoms with van der Waals surface area (Å²) >= 11 is 1.36. The molecule has 3 nitrogen and oxygen atoms in total. The molecule has 1 aliphatic rings. The van der Waals surface area contributed by atoms with Crippen LogP contribution in [0.2, 0.25) is 0 Å². The maximum atomic E-state index is 14.1. The zero-order chi connectivity index (χ0) is 18.8. The maximum absolute atomic E-state index is 14.1. The molecule has 1 saturated carbocycles. The minimum absolute atomic E-state index is 0.0729. The summed E-state index contributed by atoms with van der Waals surface area (Å²) in [6.07, 6.45) is 1.48. The highest BCUT2D eigenvalue weighted by molar-refractivity contribution is 8.00. The Bertz CT molecular complexity index is 863. The highest BCUT2D eigenvalue weighted by Gasteiger charge is 2.33. The van der Waals surface area contributed by atoms with Crippen LogP contribution in [0.5, 0.6) is 0 Å². The van der Waals surface area contributed by atoms with E-state index >= 15 is 0 Å². The first-order valence-corrected chi connectivity index (χ1v) is 9.25. The average molecular weight is 375 g/mol. The summed E-state index contributed by atoms with van der Waals surface area (Å²) in [5, 5.41) is 2.89. The van der Waals surface area contributed by atoms with Crippen molar-refractivity contribution in [2.75, 3.05) is 5.32 Å². The van der Waals surface area contributed by atoms with Crippen molar-refractivity contribution in [3.63, 3.8) is 0 Å². The Hall–Kier alpha value is -2.21. The van der Waals surface area contributed by atoms with Crippen LogP contribution in [-0.2, 0) is 4.79 Å². The third-order valence-electron chi connectivity index (χ3n) is 4.57. The van der Waals surface area contributed by atoms with E-state index in [0.29, 0.717) is 21.7 Å². The summed E-state index contributed by atoms with van der Waals surface area (Å²) in [5.74, 6) is -0.856. The molecular formula is C20H19F2NO2S. The third-order valence-corrected chi connectivity index (χ3v) is 5.86. The molecule has 2 aromatic carbocycles. The Labute approximate surface area is 155 Å². The van der Waals surface area contributed by atoms with Gasteiger partial charge in [-0.1, -0.05) is 0 Å². The predicted octanol–water partition coefficient (Wildman–Crippen LogP) is 4.99. The van der Waals surface area contributed by atoms with Crippen LogP contribution in [-0.4, -0.2) is 16.9 Å². The normalized spacial score (nSPS) is 18.9. The van der Waals surface area contributed by atoms with Crippen molar-refractivity contribution in [1.82, 2.24) is 0 Å². The molecule has 0 atom stereocenters. The lowest BCUT2D eigenvalue weighted by molar-refractivity contribution is -0.122. The minimum Gasteiger partial charge on any atom is -0.322 e. The van der Waals surface area contributed by atoms with Crippen molar-refractivity contribution in [1.29, 1.82) is 0 Å². The minimum atomic E-state index is -0.381. The Kier molecular flexibility index (Phi) is 5.41. The Morgan fingerprint density at radius 1 is 1.08 bits per heavy atom. The van der Waals surface area contributed by atoms with E-state index < -0.39 is 0 Å². The molecule has 1 aliphatic carbocycles. The van der Waals surface area contributed by atoms with Gasteiger partial charge < -0.3 is 5.32 Å². The molecule has 0 bridgehead atoms. The number of halogens is 2. The summed E-state index contributed by atoms with van der Waals surface area (Å²) in [6, 6.07) is 8.53. The van der Waals surface area contributed by atoms with Crippen LogP contribution in [0.25, 0.3) is 0 Å². The van der Waals surface area contributed by atoms with Crippen molar-refractivity contribution in [3.05, 3.63) is 59.2 Å². The highest BCUT2D eigenvalue weighted by atomic mass is 32.2. The second-order valence-corrected chi connectivity index (χ2v) is 7.92. The van der Waals surface area contributed by atoms with E-state index in [9.17, 15) is 18.4 Å². The molecule has 1 fully saturated rings. The number of amides is 1. The second kappa shape index (κ2) is 7.58. The molecule has 136 valence electrons. The average Bonchev–Trinajstić information content (AvgIpc) is 2.55. The third kappa shape index (κ3) is 4.12. The van der Waals surface area contributed by atoms with E-state index in [0.717, 1.165) is 12.8 Å². The number of benzene rings is 2. The van der Waals surface area contributed by atoms with Crippen molar-refractivity contribution < 1.29 is 18.4 Å². The molecule has 0 radical (unpaired) electrons. The topological polar surface area (TPSA) is 46.2 Å². The number of anilines is 1. The molecular weight excluding hydrogens is 356 g/mol. The van der Waals surface area contributed by atoms with Gasteiger partial charge in [-0.15, -0.1) is 11.8 Å². The van der Waals surface area contributed by atoms with Gasteiger partial charge in [-0.2, -0.15) is 0 Å². The standard InChI is InChI=1S/C20H19F2NO2S/c1-11-7-15(4-6-17(11)21)23-20(25)13-3-5-18(22)19(10-13)26-16-8-14(9-16)12(2)24/h3-7,10,14,16H,8-9H2,1-2H3,(H,23,25). The van der Waals surface area contributed by atoms with Gasteiger partial charge in [0.25, 0.3) is 5.91 Å². The van der Waals surface area contributed by atoms with Gasteiger partial charge in [-0.25, -0.2) is 8.78 Å². The van der Waals surface area contributed by atoms with Crippen molar-refractivity contribution >= 4 is 29.1 Å². The number of Topliss-reactive ketones (excluding diaryl/α,β-unsaturated/α-hetero) is 1. The number of hydrogen-bond donors (Lipinski definition) is 1. The van der Waals surface area contributed by atoms with Crippen LogP contribution in [0.3, 0.4) is 0 Å². The Morgan fingerprint density at radius 3 is 2.42 bits per heavy atom. The number of aryl methyl sites for hydroxylation is 1. The predicted molar refractivity (Wildman–Crippen MR) is 98.5 cm³/mol. The Morgan fingerprint density at radius 2 is 1.77 bits per heavy atom. The summed E-state index contributed by atoms with van der Waals surface area (Å²) in [7, 11) is 0. The van der Waals surface area contributed by atoms with Crippen LogP contribution in [0.4, 0.5) is 14.5 Å². The second-order valence-electron chi connectivity index (χ2n) is 6.58. The number of thioether (sulfide) groups is 1. The summed E-state index contributed by atoms with van der Waals surface area (Å²) in [6.45, 7) is 3.19. The van der Waals surface area contributed by atoms with Gasteiger partial charge in [0.2, 0.25) is 0 Å². The molecule has 0 heterocycles. The quantitative estimate of drug-likeness (QED) is 0.801. The molecule has 0 aromatic heterocycles. The SMILES string of the molecule is CC(=O)C1CC(Sc2cc(C(=O)Nc3ccc(F)c(C)c3)ccc2F)C1. The summed E-state index contributed by atoms with van der Waals surface area (Å²) < 4.78 is 27.4. The van der Waals surface area contributed by atoms with Gasteiger partial charge in [0.15, 0.2) is 0 Å². The molecule has 26 heavy (non-hydrogen) atoms. The zero-order valence-corrected chi connectivity index (χ0v) is 15.3. The number of carbonyl (C=O) groups excluding carboxylic acids is 2. The molecule has 3 rings (SSSR count).